The third-order valence-corrected chi connectivity index (χ3v) is 6.25. The van der Waals surface area contributed by atoms with Gasteiger partial charge in [0.1, 0.15) is 5.75 Å². The predicted molar refractivity (Wildman–Crippen MR) is 99.0 cm³/mol. The molecule has 0 unspecified atom stereocenters. The molecule has 0 spiro atoms. The Labute approximate surface area is 159 Å². The number of ether oxygens (including phenoxy) is 1. The second kappa shape index (κ2) is 9.67. The zero-order valence-corrected chi connectivity index (χ0v) is 16.5. The number of sulfonamides is 1. The largest absolute Gasteiger partial charge is 0.494 e. The van der Waals surface area contributed by atoms with E-state index in [4.69, 9.17) is 4.74 Å². The number of benzene rings is 1. The third-order valence-electron chi connectivity index (χ3n) is 4.34. The van der Waals surface area contributed by atoms with Gasteiger partial charge >= 0.3 is 0 Å². The number of quaternary nitrogens is 1. The standard InChI is InChI=1S/C17H26N4O5S/c1-3-26-14-4-6-15(7-5-14)27(24,25)21-10-8-20(9-11-21)13-17(23)19-12-16(22)18-2/h4-7H,3,8-13H2,1-2H3,(H,18,22)(H,19,23)/p+1. The molecule has 10 heteroatoms. The fourth-order valence-corrected chi connectivity index (χ4v) is 4.24. The molecule has 0 radical (unpaired) electrons. The van der Waals surface area contributed by atoms with Crippen molar-refractivity contribution in [2.45, 2.75) is 11.8 Å². The van der Waals surface area contributed by atoms with Gasteiger partial charge in [0.15, 0.2) is 6.54 Å². The molecule has 0 saturated carbocycles. The minimum Gasteiger partial charge on any atom is -0.494 e. The van der Waals surface area contributed by atoms with E-state index in [0.29, 0.717) is 38.5 Å². The van der Waals surface area contributed by atoms with E-state index >= 15 is 0 Å². The molecule has 0 bridgehead atoms. The lowest BCUT2D eigenvalue weighted by molar-refractivity contribution is -0.895. The van der Waals surface area contributed by atoms with Crippen molar-refractivity contribution in [3.8, 4) is 5.75 Å². The fourth-order valence-electron chi connectivity index (χ4n) is 2.80. The van der Waals surface area contributed by atoms with Crippen LogP contribution >= 0.6 is 0 Å². The van der Waals surface area contributed by atoms with Crippen molar-refractivity contribution in [1.29, 1.82) is 0 Å². The number of nitrogens with zero attached hydrogens (tertiary/aromatic N) is 1. The van der Waals surface area contributed by atoms with E-state index in [-0.39, 0.29) is 29.8 Å². The first-order chi connectivity index (χ1) is 12.9. The normalized spacial score (nSPS) is 15.9. The molecule has 1 saturated heterocycles. The molecule has 150 valence electrons. The predicted octanol–water partition coefficient (Wildman–Crippen LogP) is -2.16. The van der Waals surface area contributed by atoms with Crippen molar-refractivity contribution in [3.63, 3.8) is 0 Å². The van der Waals surface area contributed by atoms with Crippen LogP contribution in [-0.2, 0) is 19.6 Å². The summed E-state index contributed by atoms with van der Waals surface area (Å²) in [6, 6.07) is 6.39. The molecule has 1 aliphatic rings. The Morgan fingerprint density at radius 2 is 1.78 bits per heavy atom. The molecule has 2 amide bonds. The summed E-state index contributed by atoms with van der Waals surface area (Å²) in [5.41, 5.74) is 0. The zero-order chi connectivity index (χ0) is 19.9. The average molecular weight is 399 g/mol. The van der Waals surface area contributed by atoms with Crippen LogP contribution in [0, 0.1) is 0 Å². The lowest BCUT2D eigenvalue weighted by atomic mass is 10.3. The highest BCUT2D eigenvalue weighted by atomic mass is 32.2. The first-order valence-electron chi connectivity index (χ1n) is 8.90. The highest BCUT2D eigenvalue weighted by molar-refractivity contribution is 7.89. The molecule has 2 rings (SSSR count). The van der Waals surface area contributed by atoms with Gasteiger partial charge in [-0.05, 0) is 31.2 Å². The highest BCUT2D eigenvalue weighted by Crippen LogP contribution is 2.19. The summed E-state index contributed by atoms with van der Waals surface area (Å²) in [4.78, 5) is 24.2. The molecule has 0 aromatic heterocycles. The van der Waals surface area contributed by atoms with Crippen LogP contribution in [0.1, 0.15) is 6.92 Å². The van der Waals surface area contributed by atoms with Gasteiger partial charge in [0, 0.05) is 7.05 Å². The third kappa shape index (κ3) is 5.91. The molecule has 1 aromatic carbocycles. The zero-order valence-electron chi connectivity index (χ0n) is 15.7. The molecular formula is C17H27N4O5S+. The summed E-state index contributed by atoms with van der Waals surface area (Å²) in [5, 5.41) is 4.98. The lowest BCUT2D eigenvalue weighted by Crippen LogP contribution is -3.15. The summed E-state index contributed by atoms with van der Waals surface area (Å²) >= 11 is 0. The van der Waals surface area contributed by atoms with Gasteiger partial charge in [-0.2, -0.15) is 4.31 Å². The molecule has 1 heterocycles. The van der Waals surface area contributed by atoms with Gasteiger partial charge in [-0.3, -0.25) is 9.59 Å². The maximum atomic E-state index is 12.7. The highest BCUT2D eigenvalue weighted by Gasteiger charge is 2.31. The molecule has 0 atom stereocenters. The summed E-state index contributed by atoms with van der Waals surface area (Å²) in [5.74, 6) is 0.148. The first-order valence-corrected chi connectivity index (χ1v) is 10.3. The van der Waals surface area contributed by atoms with Gasteiger partial charge < -0.3 is 20.3 Å². The van der Waals surface area contributed by atoms with E-state index in [1.165, 1.54) is 11.4 Å². The van der Waals surface area contributed by atoms with Gasteiger partial charge in [0.2, 0.25) is 15.9 Å². The van der Waals surface area contributed by atoms with Gasteiger partial charge in [0.25, 0.3) is 5.91 Å². The van der Waals surface area contributed by atoms with Crippen LogP contribution in [0.5, 0.6) is 5.75 Å². The monoisotopic (exact) mass is 399 g/mol. The van der Waals surface area contributed by atoms with E-state index in [2.05, 4.69) is 10.6 Å². The van der Waals surface area contributed by atoms with Crippen molar-refractivity contribution in [2.24, 2.45) is 0 Å². The molecule has 0 aliphatic carbocycles. The van der Waals surface area contributed by atoms with Crippen molar-refractivity contribution >= 4 is 21.8 Å². The Kier molecular flexibility index (Phi) is 7.57. The van der Waals surface area contributed by atoms with Crippen LogP contribution in [0.4, 0.5) is 0 Å². The first kappa shape index (κ1) is 21.1. The van der Waals surface area contributed by atoms with Crippen molar-refractivity contribution in [3.05, 3.63) is 24.3 Å². The topological polar surface area (TPSA) is 109 Å². The van der Waals surface area contributed by atoms with Gasteiger partial charge in [0.05, 0.1) is 44.2 Å². The summed E-state index contributed by atoms with van der Waals surface area (Å²) in [6.45, 7) is 4.29. The van der Waals surface area contributed by atoms with Crippen LogP contribution in [0.2, 0.25) is 0 Å². The molecule has 1 aromatic rings. The van der Waals surface area contributed by atoms with E-state index < -0.39 is 10.0 Å². The summed E-state index contributed by atoms with van der Waals surface area (Å²) < 4.78 is 32.3. The molecule has 1 aliphatic heterocycles. The van der Waals surface area contributed by atoms with E-state index in [1.54, 1.807) is 24.3 Å². The van der Waals surface area contributed by atoms with Crippen molar-refractivity contribution in [1.82, 2.24) is 14.9 Å². The molecule has 3 N–H and O–H groups in total. The quantitative estimate of drug-likeness (QED) is 0.461. The number of piperazine rings is 1. The number of carbonyl (C=O) groups excluding carboxylic acids is 2. The minimum atomic E-state index is -3.56. The Morgan fingerprint density at radius 3 is 2.33 bits per heavy atom. The van der Waals surface area contributed by atoms with Crippen LogP contribution < -0.4 is 20.3 Å². The van der Waals surface area contributed by atoms with E-state index in [0.717, 1.165) is 4.90 Å². The Bertz CT molecular complexity index is 743. The van der Waals surface area contributed by atoms with Gasteiger partial charge in [-0.25, -0.2) is 8.42 Å². The minimum absolute atomic E-state index is 0.0547. The molecular weight excluding hydrogens is 372 g/mol. The van der Waals surface area contributed by atoms with Crippen LogP contribution in [0.3, 0.4) is 0 Å². The number of carbonyl (C=O) groups is 2. The van der Waals surface area contributed by atoms with Gasteiger partial charge in [-0.15, -0.1) is 0 Å². The summed E-state index contributed by atoms with van der Waals surface area (Å²) in [7, 11) is -2.06. The second-order valence-corrected chi connectivity index (χ2v) is 8.12. The molecule has 1 fully saturated rings. The number of likely N-dealkylation sites (N-methyl/N-ethyl adjacent to an activating group) is 1. The Hall–Kier alpha value is -2.17. The smallest absolute Gasteiger partial charge is 0.275 e. The molecule has 9 nitrogen and oxygen atoms in total. The Morgan fingerprint density at radius 1 is 1.15 bits per heavy atom. The number of hydrogen-bond acceptors (Lipinski definition) is 5. The lowest BCUT2D eigenvalue weighted by Gasteiger charge is -2.31. The van der Waals surface area contributed by atoms with E-state index in [1.807, 2.05) is 6.92 Å². The summed E-state index contributed by atoms with van der Waals surface area (Å²) in [6.07, 6.45) is 0. The number of amides is 2. The number of rotatable bonds is 8. The second-order valence-electron chi connectivity index (χ2n) is 6.19. The van der Waals surface area contributed by atoms with Crippen molar-refractivity contribution < 1.29 is 27.6 Å². The van der Waals surface area contributed by atoms with Crippen LogP contribution in [0.25, 0.3) is 0 Å². The fraction of sp³-hybridized carbons (Fsp3) is 0.529. The van der Waals surface area contributed by atoms with Crippen LogP contribution in [-0.4, -0.2) is 77.5 Å². The maximum Gasteiger partial charge on any atom is 0.275 e. The average Bonchev–Trinajstić information content (AvgIpc) is 2.67. The van der Waals surface area contributed by atoms with Crippen molar-refractivity contribution in [2.75, 3.05) is 52.9 Å². The maximum absolute atomic E-state index is 12.7. The number of nitrogens with one attached hydrogen (secondary N) is 3. The van der Waals surface area contributed by atoms with E-state index in [9.17, 15) is 18.0 Å². The van der Waals surface area contributed by atoms with Gasteiger partial charge in [-0.1, -0.05) is 0 Å². The molecule has 27 heavy (non-hydrogen) atoms. The Balaban J connectivity index is 1.86. The SMILES string of the molecule is CCOc1ccc(S(=O)(=O)N2CC[NH+](CC(=O)NCC(=O)NC)CC2)cc1. The number of hydrogen-bond donors (Lipinski definition) is 3. The van der Waals surface area contributed by atoms with Crippen LogP contribution in [0.15, 0.2) is 29.2 Å².